The van der Waals surface area contributed by atoms with Crippen LogP contribution >= 0.6 is 15.9 Å². The Labute approximate surface area is 122 Å². The molecule has 0 unspecified atom stereocenters. The summed E-state index contributed by atoms with van der Waals surface area (Å²) in [6.07, 6.45) is 2.72. The summed E-state index contributed by atoms with van der Waals surface area (Å²) in [5.74, 6) is 0. The molecule has 1 saturated heterocycles. The topological polar surface area (TPSA) is 15.3 Å². The Kier molecular flexibility index (Phi) is 4.04. The number of hydrogen-bond acceptors (Lipinski definition) is 2. The van der Waals surface area contributed by atoms with Gasteiger partial charge in [0.15, 0.2) is 0 Å². The van der Waals surface area contributed by atoms with E-state index in [2.05, 4.69) is 62.5 Å². The minimum absolute atomic E-state index is 1.02. The van der Waals surface area contributed by atoms with Crippen LogP contribution in [0.5, 0.6) is 0 Å². The summed E-state index contributed by atoms with van der Waals surface area (Å²) >= 11 is 3.62. The van der Waals surface area contributed by atoms with Gasteiger partial charge in [0.2, 0.25) is 0 Å². The summed E-state index contributed by atoms with van der Waals surface area (Å²) < 4.78 is 1.16. The van der Waals surface area contributed by atoms with Gasteiger partial charge in [0, 0.05) is 28.6 Å². The predicted molar refractivity (Wildman–Crippen MR) is 85.8 cm³/mol. The van der Waals surface area contributed by atoms with Crippen molar-refractivity contribution in [2.24, 2.45) is 0 Å². The van der Waals surface area contributed by atoms with Crippen molar-refractivity contribution in [3.05, 3.63) is 40.9 Å². The molecular weight excluding hydrogens is 300 g/mol. The van der Waals surface area contributed by atoms with Gasteiger partial charge < -0.3 is 10.2 Å². The third kappa shape index (κ3) is 2.93. The highest BCUT2D eigenvalue weighted by Crippen LogP contribution is 2.29. The number of nitrogens with zero attached hydrogens (tertiary/aromatic N) is 1. The standard InChI is InChI=1S/C16H19BrN2/c17-15-7-8-16(14-6-2-1-5-13(14)15)18-9-12-19-10-3-4-11-19/h1-2,5-8,18H,3-4,9-12H2. The molecule has 0 saturated carbocycles. The first-order valence-electron chi connectivity index (χ1n) is 6.98. The van der Waals surface area contributed by atoms with E-state index in [0.717, 1.165) is 17.6 Å². The van der Waals surface area contributed by atoms with Gasteiger partial charge in [-0.05, 0) is 43.5 Å². The fraction of sp³-hybridized carbons (Fsp3) is 0.375. The van der Waals surface area contributed by atoms with Gasteiger partial charge in [-0.3, -0.25) is 0 Å². The average Bonchev–Trinajstić information content (AvgIpc) is 2.95. The van der Waals surface area contributed by atoms with Gasteiger partial charge in [-0.25, -0.2) is 0 Å². The van der Waals surface area contributed by atoms with Crippen LogP contribution in [0.3, 0.4) is 0 Å². The van der Waals surface area contributed by atoms with Crippen molar-refractivity contribution in [2.45, 2.75) is 12.8 Å². The van der Waals surface area contributed by atoms with E-state index < -0.39 is 0 Å². The maximum absolute atomic E-state index is 3.62. The van der Waals surface area contributed by atoms with E-state index in [0.29, 0.717) is 0 Å². The average molecular weight is 319 g/mol. The maximum Gasteiger partial charge on any atom is 0.0421 e. The zero-order valence-electron chi connectivity index (χ0n) is 11.0. The highest BCUT2D eigenvalue weighted by Gasteiger charge is 2.10. The van der Waals surface area contributed by atoms with Crippen LogP contribution in [0, 0.1) is 0 Å². The Morgan fingerprint density at radius 1 is 1.00 bits per heavy atom. The highest BCUT2D eigenvalue weighted by atomic mass is 79.9. The van der Waals surface area contributed by atoms with Crippen LogP contribution in [0.2, 0.25) is 0 Å². The summed E-state index contributed by atoms with van der Waals surface area (Å²) in [5, 5.41) is 6.14. The lowest BCUT2D eigenvalue weighted by Crippen LogP contribution is -2.25. The molecule has 0 spiro atoms. The van der Waals surface area contributed by atoms with E-state index in [4.69, 9.17) is 0 Å². The number of hydrogen-bond donors (Lipinski definition) is 1. The fourth-order valence-corrected chi connectivity index (χ4v) is 3.25. The number of fused-ring (bicyclic) bond motifs is 1. The normalized spacial score (nSPS) is 16.1. The van der Waals surface area contributed by atoms with Crippen LogP contribution in [0.1, 0.15) is 12.8 Å². The molecule has 19 heavy (non-hydrogen) atoms. The Bertz CT molecular complexity index is 562. The lowest BCUT2D eigenvalue weighted by molar-refractivity contribution is 0.353. The Hall–Kier alpha value is -1.06. The first kappa shape index (κ1) is 12.9. The first-order valence-corrected chi connectivity index (χ1v) is 7.77. The maximum atomic E-state index is 3.62. The van der Waals surface area contributed by atoms with Crippen molar-refractivity contribution in [3.8, 4) is 0 Å². The molecular formula is C16H19BrN2. The molecule has 1 heterocycles. The van der Waals surface area contributed by atoms with E-state index in [1.54, 1.807) is 0 Å². The number of rotatable bonds is 4. The summed E-state index contributed by atoms with van der Waals surface area (Å²) in [5.41, 5.74) is 1.23. The molecule has 2 aromatic rings. The molecule has 0 bridgehead atoms. The number of nitrogens with one attached hydrogen (secondary N) is 1. The number of halogens is 1. The van der Waals surface area contributed by atoms with E-state index in [-0.39, 0.29) is 0 Å². The van der Waals surface area contributed by atoms with Crippen molar-refractivity contribution in [1.82, 2.24) is 4.90 Å². The van der Waals surface area contributed by atoms with Gasteiger partial charge in [0.1, 0.15) is 0 Å². The minimum Gasteiger partial charge on any atom is -0.383 e. The molecule has 0 radical (unpaired) electrons. The summed E-state index contributed by atoms with van der Waals surface area (Å²) in [6.45, 7) is 4.70. The van der Waals surface area contributed by atoms with Crippen LogP contribution in [-0.4, -0.2) is 31.1 Å². The molecule has 1 fully saturated rings. The monoisotopic (exact) mass is 318 g/mol. The van der Waals surface area contributed by atoms with Gasteiger partial charge in [-0.2, -0.15) is 0 Å². The van der Waals surface area contributed by atoms with Gasteiger partial charge in [0.25, 0.3) is 0 Å². The zero-order chi connectivity index (χ0) is 13.1. The molecule has 0 amide bonds. The Balaban J connectivity index is 1.72. The largest absolute Gasteiger partial charge is 0.383 e. The predicted octanol–water partition coefficient (Wildman–Crippen LogP) is 4.11. The van der Waals surface area contributed by atoms with Crippen molar-refractivity contribution < 1.29 is 0 Å². The molecule has 0 aromatic heterocycles. The molecule has 0 atom stereocenters. The summed E-state index contributed by atoms with van der Waals surface area (Å²) in [6, 6.07) is 12.8. The lowest BCUT2D eigenvalue weighted by atomic mass is 10.1. The zero-order valence-corrected chi connectivity index (χ0v) is 12.6. The quantitative estimate of drug-likeness (QED) is 0.912. The molecule has 1 aliphatic rings. The van der Waals surface area contributed by atoms with Gasteiger partial charge in [-0.15, -0.1) is 0 Å². The van der Waals surface area contributed by atoms with Crippen molar-refractivity contribution in [3.63, 3.8) is 0 Å². The number of likely N-dealkylation sites (tertiary alicyclic amines) is 1. The second-order valence-electron chi connectivity index (χ2n) is 5.12. The van der Waals surface area contributed by atoms with Crippen LogP contribution < -0.4 is 5.32 Å². The molecule has 3 rings (SSSR count). The Morgan fingerprint density at radius 2 is 1.74 bits per heavy atom. The van der Waals surface area contributed by atoms with E-state index in [9.17, 15) is 0 Å². The lowest BCUT2D eigenvalue weighted by Gasteiger charge is -2.16. The second-order valence-corrected chi connectivity index (χ2v) is 5.97. The number of anilines is 1. The van der Waals surface area contributed by atoms with Crippen LogP contribution in [0.4, 0.5) is 5.69 Å². The molecule has 2 nitrogen and oxygen atoms in total. The molecule has 100 valence electrons. The van der Waals surface area contributed by atoms with Crippen molar-refractivity contribution in [1.29, 1.82) is 0 Å². The minimum atomic E-state index is 1.02. The second kappa shape index (κ2) is 5.93. The van der Waals surface area contributed by atoms with Gasteiger partial charge in [-0.1, -0.05) is 40.2 Å². The van der Waals surface area contributed by atoms with Gasteiger partial charge >= 0.3 is 0 Å². The summed E-state index contributed by atoms with van der Waals surface area (Å²) in [4.78, 5) is 2.54. The molecule has 2 aromatic carbocycles. The summed E-state index contributed by atoms with van der Waals surface area (Å²) in [7, 11) is 0. The van der Waals surface area contributed by atoms with Crippen LogP contribution in [0.25, 0.3) is 10.8 Å². The highest BCUT2D eigenvalue weighted by molar-refractivity contribution is 9.10. The SMILES string of the molecule is Brc1ccc(NCCN2CCCC2)c2ccccc12. The van der Waals surface area contributed by atoms with Crippen molar-refractivity contribution in [2.75, 3.05) is 31.5 Å². The molecule has 0 aliphatic carbocycles. The van der Waals surface area contributed by atoms with Crippen LogP contribution in [0.15, 0.2) is 40.9 Å². The third-order valence-electron chi connectivity index (χ3n) is 3.81. The third-order valence-corrected chi connectivity index (χ3v) is 4.50. The van der Waals surface area contributed by atoms with Crippen LogP contribution in [-0.2, 0) is 0 Å². The van der Waals surface area contributed by atoms with E-state index in [1.165, 1.54) is 42.4 Å². The smallest absolute Gasteiger partial charge is 0.0421 e. The number of benzene rings is 2. The molecule has 1 N–H and O–H groups in total. The Morgan fingerprint density at radius 3 is 2.53 bits per heavy atom. The van der Waals surface area contributed by atoms with Gasteiger partial charge in [0.05, 0.1) is 0 Å². The molecule has 3 heteroatoms. The van der Waals surface area contributed by atoms with Crippen molar-refractivity contribution >= 4 is 32.4 Å². The fourth-order valence-electron chi connectivity index (χ4n) is 2.77. The molecule has 1 aliphatic heterocycles. The van der Waals surface area contributed by atoms with E-state index in [1.807, 2.05) is 0 Å². The first-order chi connectivity index (χ1) is 9.34. The van der Waals surface area contributed by atoms with E-state index >= 15 is 0 Å².